The van der Waals surface area contributed by atoms with Crippen molar-refractivity contribution in [3.8, 4) is 0 Å². The molecule has 1 fully saturated rings. The van der Waals surface area contributed by atoms with Crippen LogP contribution < -0.4 is 0 Å². The Bertz CT molecular complexity index is 380. The quantitative estimate of drug-likeness (QED) is 0.751. The van der Waals surface area contributed by atoms with Crippen molar-refractivity contribution in [3.63, 3.8) is 0 Å². The monoisotopic (exact) mass is 248 g/mol. The predicted octanol–water partition coefficient (Wildman–Crippen LogP) is 3.08. The number of esters is 1. The van der Waals surface area contributed by atoms with Gasteiger partial charge in [-0.25, -0.2) is 4.79 Å². The fraction of sp³-hybridized carbons (Fsp3) is 0.533. The Hall–Kier alpha value is -1.35. The summed E-state index contributed by atoms with van der Waals surface area (Å²) < 4.78 is 11.1. The molecule has 1 aliphatic rings. The molecular weight excluding hydrogens is 228 g/mol. The molecule has 3 nitrogen and oxygen atoms in total. The SMILES string of the molecule is CCOC(=O)C1(OCc2ccccc2)CCCC1. The molecule has 0 unspecified atom stereocenters. The molecule has 0 saturated heterocycles. The first-order chi connectivity index (χ1) is 8.77. The van der Waals surface area contributed by atoms with E-state index in [-0.39, 0.29) is 5.97 Å². The van der Waals surface area contributed by atoms with Crippen LogP contribution in [-0.4, -0.2) is 18.2 Å². The van der Waals surface area contributed by atoms with Crippen molar-refractivity contribution in [1.29, 1.82) is 0 Å². The van der Waals surface area contributed by atoms with Gasteiger partial charge in [0.1, 0.15) is 0 Å². The standard InChI is InChI=1S/C15H20O3/c1-2-17-14(16)15(10-6-7-11-15)18-12-13-8-4-3-5-9-13/h3-5,8-9H,2,6-7,10-12H2,1H3. The smallest absolute Gasteiger partial charge is 0.338 e. The third-order valence-corrected chi connectivity index (χ3v) is 3.42. The molecule has 2 rings (SSSR count). The maximum atomic E-state index is 12.0. The van der Waals surface area contributed by atoms with E-state index in [0.29, 0.717) is 13.2 Å². The van der Waals surface area contributed by atoms with Crippen molar-refractivity contribution in [2.75, 3.05) is 6.61 Å². The van der Waals surface area contributed by atoms with E-state index < -0.39 is 5.60 Å². The lowest BCUT2D eigenvalue weighted by molar-refractivity contribution is -0.173. The van der Waals surface area contributed by atoms with Gasteiger partial charge in [0, 0.05) is 0 Å². The molecule has 3 heteroatoms. The normalized spacial score (nSPS) is 17.6. The van der Waals surface area contributed by atoms with Gasteiger partial charge >= 0.3 is 5.97 Å². The van der Waals surface area contributed by atoms with Crippen LogP contribution >= 0.6 is 0 Å². The fourth-order valence-corrected chi connectivity index (χ4v) is 2.41. The lowest BCUT2D eigenvalue weighted by Gasteiger charge is -2.26. The molecule has 0 aliphatic heterocycles. The van der Waals surface area contributed by atoms with E-state index >= 15 is 0 Å². The van der Waals surface area contributed by atoms with Crippen molar-refractivity contribution in [2.45, 2.75) is 44.8 Å². The van der Waals surface area contributed by atoms with Gasteiger partial charge in [0.15, 0.2) is 5.60 Å². The van der Waals surface area contributed by atoms with Crippen molar-refractivity contribution in [2.24, 2.45) is 0 Å². The summed E-state index contributed by atoms with van der Waals surface area (Å²) in [5, 5.41) is 0. The minimum absolute atomic E-state index is 0.196. The van der Waals surface area contributed by atoms with E-state index in [9.17, 15) is 4.79 Å². The Kier molecular flexibility index (Phi) is 4.37. The van der Waals surface area contributed by atoms with Crippen LogP contribution in [0, 0.1) is 0 Å². The van der Waals surface area contributed by atoms with E-state index in [1.807, 2.05) is 37.3 Å². The zero-order chi connectivity index (χ0) is 12.8. The summed E-state index contributed by atoms with van der Waals surface area (Å²) in [6.45, 7) is 2.71. The number of carbonyl (C=O) groups excluding carboxylic acids is 1. The van der Waals surface area contributed by atoms with Crippen molar-refractivity contribution in [1.82, 2.24) is 0 Å². The van der Waals surface area contributed by atoms with Gasteiger partial charge in [-0.3, -0.25) is 0 Å². The van der Waals surface area contributed by atoms with Gasteiger partial charge in [-0.05, 0) is 38.2 Å². The summed E-state index contributed by atoms with van der Waals surface area (Å²) in [5.41, 5.74) is 0.388. The van der Waals surface area contributed by atoms with E-state index in [1.54, 1.807) is 0 Å². The molecule has 1 aliphatic carbocycles. The minimum Gasteiger partial charge on any atom is -0.464 e. The Balaban J connectivity index is 2.00. The van der Waals surface area contributed by atoms with Crippen LogP contribution in [-0.2, 0) is 20.9 Å². The second-order valence-electron chi connectivity index (χ2n) is 4.70. The van der Waals surface area contributed by atoms with Crippen LogP contribution in [0.2, 0.25) is 0 Å². The molecule has 98 valence electrons. The number of carbonyl (C=O) groups is 1. The zero-order valence-electron chi connectivity index (χ0n) is 10.9. The second-order valence-corrected chi connectivity index (χ2v) is 4.70. The van der Waals surface area contributed by atoms with E-state index in [4.69, 9.17) is 9.47 Å². The predicted molar refractivity (Wildman–Crippen MR) is 69.1 cm³/mol. The molecule has 18 heavy (non-hydrogen) atoms. The summed E-state index contributed by atoms with van der Waals surface area (Å²) >= 11 is 0. The Morgan fingerprint density at radius 1 is 1.22 bits per heavy atom. The summed E-state index contributed by atoms with van der Waals surface area (Å²) in [7, 11) is 0. The largest absolute Gasteiger partial charge is 0.464 e. The van der Waals surface area contributed by atoms with Crippen LogP contribution in [0.1, 0.15) is 38.2 Å². The van der Waals surface area contributed by atoms with Gasteiger partial charge in [0.25, 0.3) is 0 Å². The number of rotatable bonds is 5. The molecule has 1 aromatic carbocycles. The average Bonchev–Trinajstić information content (AvgIpc) is 2.88. The third-order valence-electron chi connectivity index (χ3n) is 3.42. The molecule has 0 spiro atoms. The average molecular weight is 248 g/mol. The van der Waals surface area contributed by atoms with Crippen LogP contribution in [0.25, 0.3) is 0 Å². The third kappa shape index (κ3) is 2.91. The molecule has 0 N–H and O–H groups in total. The topological polar surface area (TPSA) is 35.5 Å². The maximum absolute atomic E-state index is 12.0. The van der Waals surface area contributed by atoms with Crippen LogP contribution in [0.15, 0.2) is 30.3 Å². The number of hydrogen-bond acceptors (Lipinski definition) is 3. The summed E-state index contributed by atoms with van der Waals surface area (Å²) in [6, 6.07) is 9.94. The van der Waals surface area contributed by atoms with E-state index in [0.717, 1.165) is 31.2 Å². The second kappa shape index (κ2) is 6.01. The Morgan fingerprint density at radius 3 is 2.50 bits per heavy atom. The van der Waals surface area contributed by atoms with Gasteiger partial charge in [0.2, 0.25) is 0 Å². The fourth-order valence-electron chi connectivity index (χ4n) is 2.41. The number of benzene rings is 1. The van der Waals surface area contributed by atoms with Crippen LogP contribution in [0.5, 0.6) is 0 Å². The van der Waals surface area contributed by atoms with Crippen molar-refractivity contribution < 1.29 is 14.3 Å². The molecule has 1 saturated carbocycles. The van der Waals surface area contributed by atoms with Gasteiger partial charge < -0.3 is 9.47 Å². The van der Waals surface area contributed by atoms with Crippen molar-refractivity contribution in [3.05, 3.63) is 35.9 Å². The van der Waals surface area contributed by atoms with Gasteiger partial charge in [-0.15, -0.1) is 0 Å². The van der Waals surface area contributed by atoms with Crippen LogP contribution in [0.4, 0.5) is 0 Å². The van der Waals surface area contributed by atoms with E-state index in [1.165, 1.54) is 0 Å². The Labute approximate surface area is 108 Å². The molecule has 0 bridgehead atoms. The molecule has 1 aromatic rings. The molecule has 0 aromatic heterocycles. The first-order valence-corrected chi connectivity index (χ1v) is 6.62. The lowest BCUT2D eigenvalue weighted by atomic mass is 10.0. The molecular formula is C15H20O3. The highest BCUT2D eigenvalue weighted by Gasteiger charge is 2.43. The summed E-state index contributed by atoms with van der Waals surface area (Å²) in [4.78, 5) is 12.0. The number of ether oxygens (including phenoxy) is 2. The first kappa shape index (κ1) is 13.1. The molecule has 0 atom stereocenters. The highest BCUT2D eigenvalue weighted by atomic mass is 16.6. The van der Waals surface area contributed by atoms with Gasteiger partial charge in [-0.1, -0.05) is 30.3 Å². The highest BCUT2D eigenvalue weighted by Crippen LogP contribution is 2.35. The highest BCUT2D eigenvalue weighted by molar-refractivity contribution is 5.80. The number of hydrogen-bond donors (Lipinski definition) is 0. The van der Waals surface area contributed by atoms with Crippen molar-refractivity contribution >= 4 is 5.97 Å². The zero-order valence-corrected chi connectivity index (χ0v) is 10.9. The van der Waals surface area contributed by atoms with Crippen LogP contribution in [0.3, 0.4) is 0 Å². The maximum Gasteiger partial charge on any atom is 0.338 e. The summed E-state index contributed by atoms with van der Waals surface area (Å²) in [5.74, 6) is -0.196. The minimum atomic E-state index is -0.703. The first-order valence-electron chi connectivity index (χ1n) is 6.62. The molecule has 0 amide bonds. The Morgan fingerprint density at radius 2 is 1.89 bits per heavy atom. The van der Waals surface area contributed by atoms with E-state index in [2.05, 4.69) is 0 Å². The van der Waals surface area contributed by atoms with Gasteiger partial charge in [0.05, 0.1) is 13.2 Å². The molecule has 0 radical (unpaired) electrons. The molecule has 0 heterocycles. The lowest BCUT2D eigenvalue weighted by Crippen LogP contribution is -2.40. The van der Waals surface area contributed by atoms with Gasteiger partial charge in [-0.2, -0.15) is 0 Å². The summed E-state index contributed by atoms with van der Waals surface area (Å²) in [6.07, 6.45) is 3.62.